The van der Waals surface area contributed by atoms with E-state index < -0.39 is 0 Å². The van der Waals surface area contributed by atoms with Crippen LogP contribution in [0.4, 0.5) is 0 Å². The van der Waals surface area contributed by atoms with Gasteiger partial charge in [-0.3, -0.25) is 9.80 Å². The van der Waals surface area contributed by atoms with Gasteiger partial charge in [0.25, 0.3) is 0 Å². The Kier molecular flexibility index (Phi) is 6.79. The highest BCUT2D eigenvalue weighted by atomic mass is 15.3. The Morgan fingerprint density at radius 3 is 2.00 bits per heavy atom. The normalized spacial score (nSPS) is 27.1. The highest BCUT2D eigenvalue weighted by molar-refractivity contribution is 4.86. The van der Waals surface area contributed by atoms with Crippen LogP contribution in [-0.2, 0) is 0 Å². The Bertz CT molecular complexity index is 253. The average molecular weight is 281 g/mol. The molecule has 20 heavy (non-hydrogen) atoms. The molecule has 118 valence electrons. The van der Waals surface area contributed by atoms with E-state index in [1.807, 2.05) is 0 Å². The van der Waals surface area contributed by atoms with Gasteiger partial charge in [0.05, 0.1) is 0 Å². The van der Waals surface area contributed by atoms with Crippen LogP contribution in [0.3, 0.4) is 0 Å². The van der Waals surface area contributed by atoms with E-state index >= 15 is 0 Å². The lowest BCUT2D eigenvalue weighted by Crippen LogP contribution is -2.56. The average Bonchev–Trinajstić information content (AvgIpc) is 2.77. The van der Waals surface area contributed by atoms with Crippen molar-refractivity contribution >= 4 is 0 Å². The van der Waals surface area contributed by atoms with Crippen molar-refractivity contribution < 1.29 is 0 Å². The van der Waals surface area contributed by atoms with Gasteiger partial charge in [-0.05, 0) is 32.1 Å². The molecule has 2 aliphatic rings. The molecule has 3 nitrogen and oxygen atoms in total. The fourth-order valence-corrected chi connectivity index (χ4v) is 4.10. The molecule has 2 unspecified atom stereocenters. The van der Waals surface area contributed by atoms with E-state index in [2.05, 4.69) is 23.6 Å². The van der Waals surface area contributed by atoms with E-state index in [1.165, 1.54) is 71.1 Å². The molecule has 0 bridgehead atoms. The zero-order valence-corrected chi connectivity index (χ0v) is 13.7. The number of rotatable bonds is 5. The summed E-state index contributed by atoms with van der Waals surface area (Å²) < 4.78 is 0. The smallest absolute Gasteiger partial charge is 0.0247 e. The van der Waals surface area contributed by atoms with Crippen molar-refractivity contribution in [1.82, 2.24) is 9.80 Å². The summed E-state index contributed by atoms with van der Waals surface area (Å²) in [7, 11) is 0. The van der Waals surface area contributed by atoms with Gasteiger partial charge in [-0.25, -0.2) is 0 Å². The van der Waals surface area contributed by atoms with Crippen molar-refractivity contribution in [1.29, 1.82) is 0 Å². The van der Waals surface area contributed by atoms with Gasteiger partial charge in [0.15, 0.2) is 0 Å². The lowest BCUT2D eigenvalue weighted by atomic mass is 9.90. The molecule has 1 saturated carbocycles. The maximum absolute atomic E-state index is 6.15. The van der Waals surface area contributed by atoms with Crippen LogP contribution in [0.2, 0.25) is 0 Å². The van der Waals surface area contributed by atoms with E-state index in [0.29, 0.717) is 6.04 Å². The molecule has 3 heteroatoms. The number of hydrogen-bond donors (Lipinski definition) is 1. The van der Waals surface area contributed by atoms with Crippen LogP contribution in [0, 0.1) is 5.92 Å². The van der Waals surface area contributed by atoms with Gasteiger partial charge in [0.2, 0.25) is 0 Å². The second kappa shape index (κ2) is 8.35. The Morgan fingerprint density at radius 2 is 1.50 bits per heavy atom. The van der Waals surface area contributed by atoms with Gasteiger partial charge in [0.1, 0.15) is 0 Å². The monoisotopic (exact) mass is 281 g/mol. The minimum Gasteiger partial charge on any atom is -0.329 e. The standard InChI is InChI=1S/C17H35N3/c1-3-15(2)19-10-12-20(13-11-19)17(14-18)16-8-6-4-5-7-9-16/h15-17H,3-14,18H2,1-2H3. The third kappa shape index (κ3) is 4.19. The maximum atomic E-state index is 6.15. The van der Waals surface area contributed by atoms with Crippen molar-refractivity contribution in [3.63, 3.8) is 0 Å². The molecule has 0 radical (unpaired) electrons. The lowest BCUT2D eigenvalue weighted by Gasteiger charge is -2.43. The topological polar surface area (TPSA) is 32.5 Å². The highest BCUT2D eigenvalue weighted by Crippen LogP contribution is 2.28. The van der Waals surface area contributed by atoms with Crippen molar-refractivity contribution in [3.05, 3.63) is 0 Å². The lowest BCUT2D eigenvalue weighted by molar-refractivity contribution is 0.0511. The van der Waals surface area contributed by atoms with Gasteiger partial charge in [-0.1, -0.05) is 32.6 Å². The number of nitrogens with two attached hydrogens (primary N) is 1. The molecule has 1 aliphatic heterocycles. The Balaban J connectivity index is 1.86. The van der Waals surface area contributed by atoms with E-state index in [9.17, 15) is 0 Å². The van der Waals surface area contributed by atoms with Crippen LogP contribution < -0.4 is 5.73 Å². The molecule has 0 spiro atoms. The summed E-state index contributed by atoms with van der Waals surface area (Å²) in [5.41, 5.74) is 6.15. The summed E-state index contributed by atoms with van der Waals surface area (Å²) in [6.07, 6.45) is 9.82. The largest absolute Gasteiger partial charge is 0.329 e. The summed E-state index contributed by atoms with van der Waals surface area (Å²) in [5.74, 6) is 0.859. The van der Waals surface area contributed by atoms with Crippen molar-refractivity contribution in [2.75, 3.05) is 32.7 Å². The van der Waals surface area contributed by atoms with Crippen LogP contribution in [-0.4, -0.2) is 54.6 Å². The predicted octanol–water partition coefficient (Wildman–Crippen LogP) is 2.70. The van der Waals surface area contributed by atoms with Crippen molar-refractivity contribution in [2.45, 2.75) is 70.9 Å². The Hall–Kier alpha value is -0.120. The minimum atomic E-state index is 0.646. The molecule has 0 amide bonds. The van der Waals surface area contributed by atoms with Crippen LogP contribution >= 0.6 is 0 Å². The molecular formula is C17H35N3. The van der Waals surface area contributed by atoms with E-state index in [4.69, 9.17) is 5.73 Å². The molecule has 1 aliphatic carbocycles. The highest BCUT2D eigenvalue weighted by Gasteiger charge is 2.30. The van der Waals surface area contributed by atoms with E-state index in [0.717, 1.165) is 18.5 Å². The van der Waals surface area contributed by atoms with Gasteiger partial charge < -0.3 is 5.73 Å². The fourth-order valence-electron chi connectivity index (χ4n) is 4.10. The predicted molar refractivity (Wildman–Crippen MR) is 86.9 cm³/mol. The van der Waals surface area contributed by atoms with Crippen LogP contribution in [0.25, 0.3) is 0 Å². The van der Waals surface area contributed by atoms with Gasteiger partial charge >= 0.3 is 0 Å². The van der Waals surface area contributed by atoms with Crippen LogP contribution in [0.1, 0.15) is 58.8 Å². The first kappa shape index (κ1) is 16.3. The van der Waals surface area contributed by atoms with Gasteiger partial charge in [-0.2, -0.15) is 0 Å². The molecule has 2 N–H and O–H groups in total. The van der Waals surface area contributed by atoms with Crippen molar-refractivity contribution in [3.8, 4) is 0 Å². The van der Waals surface area contributed by atoms with E-state index in [1.54, 1.807) is 0 Å². The Morgan fingerprint density at radius 1 is 0.950 bits per heavy atom. The third-order valence-electron chi connectivity index (χ3n) is 5.72. The van der Waals surface area contributed by atoms with Crippen LogP contribution in [0.5, 0.6) is 0 Å². The zero-order valence-electron chi connectivity index (χ0n) is 13.7. The molecule has 1 heterocycles. The molecule has 2 atom stereocenters. The molecule has 0 aromatic heterocycles. The van der Waals surface area contributed by atoms with Gasteiger partial charge in [-0.15, -0.1) is 0 Å². The number of nitrogens with zero attached hydrogens (tertiary/aromatic N) is 2. The first-order valence-electron chi connectivity index (χ1n) is 8.94. The summed E-state index contributed by atoms with van der Waals surface area (Å²) >= 11 is 0. The third-order valence-corrected chi connectivity index (χ3v) is 5.72. The van der Waals surface area contributed by atoms with Gasteiger partial charge in [0, 0.05) is 44.8 Å². The second-order valence-corrected chi connectivity index (χ2v) is 6.88. The van der Waals surface area contributed by atoms with Crippen LogP contribution in [0.15, 0.2) is 0 Å². The molecular weight excluding hydrogens is 246 g/mol. The summed E-state index contributed by atoms with van der Waals surface area (Å²) in [4.78, 5) is 5.35. The molecule has 0 aromatic rings. The zero-order chi connectivity index (χ0) is 14.4. The first-order chi connectivity index (χ1) is 9.76. The maximum Gasteiger partial charge on any atom is 0.0247 e. The first-order valence-corrected chi connectivity index (χ1v) is 8.94. The van der Waals surface area contributed by atoms with E-state index in [-0.39, 0.29) is 0 Å². The fraction of sp³-hybridized carbons (Fsp3) is 1.00. The molecule has 2 rings (SSSR count). The molecule has 0 aromatic carbocycles. The molecule has 1 saturated heterocycles. The number of hydrogen-bond acceptors (Lipinski definition) is 3. The SMILES string of the molecule is CCC(C)N1CCN(C(CN)C2CCCCCC2)CC1. The summed E-state index contributed by atoms with van der Waals surface area (Å²) in [6, 6.07) is 1.39. The summed E-state index contributed by atoms with van der Waals surface area (Å²) in [6.45, 7) is 10.4. The second-order valence-electron chi connectivity index (χ2n) is 6.88. The minimum absolute atomic E-state index is 0.646. The Labute approximate surface area is 125 Å². The number of piperazine rings is 1. The quantitative estimate of drug-likeness (QED) is 0.787. The molecule has 2 fully saturated rings. The summed E-state index contributed by atoms with van der Waals surface area (Å²) in [5, 5.41) is 0. The van der Waals surface area contributed by atoms with Crippen molar-refractivity contribution in [2.24, 2.45) is 11.7 Å².